The second-order valence-corrected chi connectivity index (χ2v) is 4.22. The minimum atomic E-state index is -1.03. The molecule has 0 atom stereocenters. The predicted octanol–water partition coefficient (Wildman–Crippen LogP) is 2.65. The van der Waals surface area contributed by atoms with Gasteiger partial charge in [0, 0.05) is 11.3 Å². The van der Waals surface area contributed by atoms with Crippen molar-refractivity contribution in [1.82, 2.24) is 0 Å². The average molecular weight is 273 g/mol. The Labute approximate surface area is 116 Å². The van der Waals surface area contributed by atoms with E-state index in [2.05, 4.69) is 0 Å². The molecule has 0 spiro atoms. The molecule has 0 unspecified atom stereocenters. The number of anilines is 1. The summed E-state index contributed by atoms with van der Waals surface area (Å²) >= 11 is 0. The minimum Gasteiger partial charge on any atom is -0.497 e. The molecule has 0 aliphatic carbocycles. The number of nitrogen functional groups attached to an aromatic ring is 1. The van der Waals surface area contributed by atoms with Crippen molar-refractivity contribution >= 4 is 11.7 Å². The zero-order chi connectivity index (χ0) is 14.7. The summed E-state index contributed by atoms with van der Waals surface area (Å²) in [5, 5.41) is 9.10. The van der Waals surface area contributed by atoms with Gasteiger partial charge in [0.05, 0.1) is 19.8 Å². The highest BCUT2D eigenvalue weighted by molar-refractivity contribution is 5.91. The van der Waals surface area contributed by atoms with Gasteiger partial charge in [-0.15, -0.1) is 0 Å². The standard InChI is InChI=1S/C15H15NO4/c1-19-12-3-4-14(20-2)13(8-12)9-5-10(15(17)18)7-11(16)6-9/h3-8H,16H2,1-2H3,(H,17,18). The lowest BCUT2D eigenvalue weighted by Gasteiger charge is -2.12. The van der Waals surface area contributed by atoms with E-state index < -0.39 is 5.97 Å². The number of carbonyl (C=O) groups is 1. The number of benzene rings is 2. The Bertz CT molecular complexity index is 652. The summed E-state index contributed by atoms with van der Waals surface area (Å²) in [5.41, 5.74) is 7.66. The number of hydrogen-bond acceptors (Lipinski definition) is 4. The first-order valence-corrected chi connectivity index (χ1v) is 5.91. The summed E-state index contributed by atoms with van der Waals surface area (Å²) < 4.78 is 10.5. The summed E-state index contributed by atoms with van der Waals surface area (Å²) in [6.45, 7) is 0. The van der Waals surface area contributed by atoms with Crippen LogP contribution in [0.4, 0.5) is 5.69 Å². The minimum absolute atomic E-state index is 0.130. The Morgan fingerprint density at radius 2 is 1.85 bits per heavy atom. The molecular formula is C15H15NO4. The number of ether oxygens (including phenoxy) is 2. The van der Waals surface area contributed by atoms with Crippen LogP contribution in [0, 0.1) is 0 Å². The molecule has 0 radical (unpaired) electrons. The molecule has 0 fully saturated rings. The van der Waals surface area contributed by atoms with Crippen molar-refractivity contribution < 1.29 is 19.4 Å². The third-order valence-electron chi connectivity index (χ3n) is 2.92. The van der Waals surface area contributed by atoms with E-state index in [0.717, 1.165) is 5.56 Å². The number of methoxy groups -OCH3 is 2. The number of hydrogen-bond donors (Lipinski definition) is 2. The van der Waals surface area contributed by atoms with E-state index in [-0.39, 0.29) is 5.56 Å². The Morgan fingerprint density at radius 3 is 2.45 bits per heavy atom. The van der Waals surface area contributed by atoms with Crippen LogP contribution in [0.25, 0.3) is 11.1 Å². The third kappa shape index (κ3) is 2.66. The highest BCUT2D eigenvalue weighted by atomic mass is 16.5. The molecule has 5 heteroatoms. The van der Waals surface area contributed by atoms with Crippen molar-refractivity contribution in [2.45, 2.75) is 0 Å². The van der Waals surface area contributed by atoms with Gasteiger partial charge >= 0.3 is 5.97 Å². The van der Waals surface area contributed by atoms with E-state index >= 15 is 0 Å². The molecule has 0 saturated carbocycles. The molecule has 0 bridgehead atoms. The van der Waals surface area contributed by atoms with Gasteiger partial charge in [0.15, 0.2) is 0 Å². The lowest BCUT2D eigenvalue weighted by atomic mass is 10.0. The zero-order valence-corrected chi connectivity index (χ0v) is 11.2. The van der Waals surface area contributed by atoms with E-state index in [1.165, 1.54) is 6.07 Å². The van der Waals surface area contributed by atoms with Crippen LogP contribution < -0.4 is 15.2 Å². The number of aromatic carboxylic acids is 1. The van der Waals surface area contributed by atoms with Gasteiger partial charge in [0.25, 0.3) is 0 Å². The fraction of sp³-hybridized carbons (Fsp3) is 0.133. The van der Waals surface area contributed by atoms with Crippen LogP contribution in [0.2, 0.25) is 0 Å². The summed E-state index contributed by atoms with van der Waals surface area (Å²) in [4.78, 5) is 11.1. The topological polar surface area (TPSA) is 81.8 Å². The van der Waals surface area contributed by atoms with Crippen molar-refractivity contribution in [3.8, 4) is 22.6 Å². The second-order valence-electron chi connectivity index (χ2n) is 4.22. The highest BCUT2D eigenvalue weighted by Crippen LogP contribution is 2.34. The van der Waals surface area contributed by atoms with Crippen molar-refractivity contribution in [1.29, 1.82) is 0 Å². The summed E-state index contributed by atoms with van der Waals surface area (Å²) in [6, 6.07) is 9.97. The molecule has 0 aliphatic rings. The van der Waals surface area contributed by atoms with Crippen LogP contribution >= 0.6 is 0 Å². The van der Waals surface area contributed by atoms with Gasteiger partial charge in [-0.2, -0.15) is 0 Å². The lowest BCUT2D eigenvalue weighted by molar-refractivity contribution is 0.0697. The van der Waals surface area contributed by atoms with E-state index in [0.29, 0.717) is 22.7 Å². The molecule has 0 amide bonds. The summed E-state index contributed by atoms with van der Waals surface area (Å²) in [5.74, 6) is 0.244. The Hall–Kier alpha value is -2.69. The predicted molar refractivity (Wildman–Crippen MR) is 76.4 cm³/mol. The first-order valence-electron chi connectivity index (χ1n) is 5.91. The molecule has 2 aromatic carbocycles. The van der Waals surface area contributed by atoms with Crippen molar-refractivity contribution in [2.75, 3.05) is 20.0 Å². The third-order valence-corrected chi connectivity index (χ3v) is 2.92. The van der Waals surface area contributed by atoms with Crippen LogP contribution in [0.1, 0.15) is 10.4 Å². The molecular weight excluding hydrogens is 258 g/mol. The molecule has 5 nitrogen and oxygen atoms in total. The quantitative estimate of drug-likeness (QED) is 0.837. The molecule has 0 saturated heterocycles. The number of carboxylic acid groups (broad SMARTS) is 1. The maximum atomic E-state index is 11.1. The molecule has 2 aromatic rings. The van der Waals surface area contributed by atoms with Gasteiger partial charge in [-0.1, -0.05) is 0 Å². The Morgan fingerprint density at radius 1 is 1.10 bits per heavy atom. The molecule has 0 heterocycles. The van der Waals surface area contributed by atoms with E-state index in [1.54, 1.807) is 44.6 Å². The number of rotatable bonds is 4. The molecule has 0 aromatic heterocycles. The van der Waals surface area contributed by atoms with Gasteiger partial charge < -0.3 is 20.3 Å². The monoisotopic (exact) mass is 273 g/mol. The van der Waals surface area contributed by atoms with Crippen molar-refractivity contribution in [2.24, 2.45) is 0 Å². The van der Waals surface area contributed by atoms with Crippen molar-refractivity contribution in [3.63, 3.8) is 0 Å². The van der Waals surface area contributed by atoms with Gasteiger partial charge in [0.2, 0.25) is 0 Å². The molecule has 20 heavy (non-hydrogen) atoms. The fourth-order valence-corrected chi connectivity index (χ4v) is 1.97. The van der Waals surface area contributed by atoms with E-state index in [4.69, 9.17) is 20.3 Å². The SMILES string of the molecule is COc1ccc(OC)c(-c2cc(N)cc(C(=O)O)c2)c1. The number of carboxylic acids is 1. The van der Waals surface area contributed by atoms with Crippen molar-refractivity contribution in [3.05, 3.63) is 42.0 Å². The lowest BCUT2D eigenvalue weighted by Crippen LogP contribution is -1.99. The largest absolute Gasteiger partial charge is 0.497 e. The first-order chi connectivity index (χ1) is 9.55. The van der Waals surface area contributed by atoms with Crippen LogP contribution in [0.5, 0.6) is 11.5 Å². The first kappa shape index (κ1) is 13.7. The van der Waals surface area contributed by atoms with Gasteiger partial charge in [-0.25, -0.2) is 4.79 Å². The van der Waals surface area contributed by atoms with Gasteiger partial charge in [-0.05, 0) is 42.0 Å². The zero-order valence-electron chi connectivity index (χ0n) is 11.2. The maximum absolute atomic E-state index is 11.1. The normalized spacial score (nSPS) is 10.1. The molecule has 3 N–H and O–H groups in total. The van der Waals surface area contributed by atoms with Crippen LogP contribution in [0.15, 0.2) is 36.4 Å². The van der Waals surface area contributed by atoms with E-state index in [9.17, 15) is 4.79 Å². The maximum Gasteiger partial charge on any atom is 0.335 e. The van der Waals surface area contributed by atoms with Gasteiger partial charge in [0.1, 0.15) is 11.5 Å². The second kappa shape index (κ2) is 5.52. The summed E-state index contributed by atoms with van der Waals surface area (Å²) in [6.07, 6.45) is 0. The average Bonchev–Trinajstić information content (AvgIpc) is 2.45. The number of nitrogens with two attached hydrogens (primary N) is 1. The van der Waals surface area contributed by atoms with E-state index in [1.807, 2.05) is 0 Å². The van der Waals surface area contributed by atoms with Gasteiger partial charge in [-0.3, -0.25) is 0 Å². The molecule has 0 aliphatic heterocycles. The fourth-order valence-electron chi connectivity index (χ4n) is 1.97. The van der Waals surface area contributed by atoms with Crippen LogP contribution in [-0.2, 0) is 0 Å². The van der Waals surface area contributed by atoms with Crippen LogP contribution in [-0.4, -0.2) is 25.3 Å². The smallest absolute Gasteiger partial charge is 0.335 e. The molecule has 2 rings (SSSR count). The Kier molecular flexibility index (Phi) is 3.79. The highest BCUT2D eigenvalue weighted by Gasteiger charge is 2.12. The van der Waals surface area contributed by atoms with Crippen LogP contribution in [0.3, 0.4) is 0 Å². The summed E-state index contributed by atoms with van der Waals surface area (Å²) in [7, 11) is 3.11. The Balaban J connectivity index is 2.63. The molecule has 104 valence electrons.